The van der Waals surface area contributed by atoms with E-state index >= 15 is 0 Å². The fraction of sp³-hybridized carbons (Fsp3) is 0.0714. The second-order valence-electron chi connectivity index (χ2n) is 4.56. The predicted octanol–water partition coefficient (Wildman–Crippen LogP) is 5.08. The van der Waals surface area contributed by atoms with Crippen LogP contribution in [-0.2, 0) is 0 Å². The van der Waals surface area contributed by atoms with Crippen LogP contribution in [0.15, 0.2) is 23.3 Å². The highest BCUT2D eigenvalue weighted by Gasteiger charge is 2.19. The monoisotopic (exact) mass is 424 g/mol. The number of hydrogen-bond donors (Lipinski definition) is 2. The van der Waals surface area contributed by atoms with Crippen LogP contribution in [0.4, 0.5) is 5.69 Å². The predicted molar refractivity (Wildman–Crippen MR) is 99.8 cm³/mol. The minimum Gasteiger partial charge on any atom is -0.396 e. The normalized spacial score (nSPS) is 11.5. The number of nitrogen functional groups attached to an aromatic ring is 1. The number of nitrogens with one attached hydrogen (secondary N) is 1. The Hall–Kier alpha value is -1.24. The Bertz CT molecular complexity index is 854. The molecule has 1 aromatic carbocycles. The lowest BCUT2D eigenvalue weighted by molar-refractivity contribution is 0.0950. The van der Waals surface area contributed by atoms with Crippen LogP contribution in [0.2, 0.25) is 25.2 Å². The Labute approximate surface area is 162 Å². The number of carbonyl (C=O) groups excluding carboxylic acids is 1. The topological polar surface area (TPSA) is 80.4 Å². The highest BCUT2D eigenvalue weighted by molar-refractivity contribution is 6.46. The molecule has 1 aromatic heterocycles. The number of hydrazone groups is 1. The number of benzene rings is 1. The van der Waals surface area contributed by atoms with E-state index in [0.717, 1.165) is 0 Å². The van der Waals surface area contributed by atoms with E-state index in [4.69, 9.17) is 63.7 Å². The highest BCUT2D eigenvalue weighted by Crippen LogP contribution is 2.34. The summed E-state index contributed by atoms with van der Waals surface area (Å²) in [4.78, 5) is 16.0. The zero-order chi connectivity index (χ0) is 18.0. The molecular formula is C14H9Cl5N4O. The SMILES string of the molecule is C/C(=N\NC(=O)c1nc(Cl)c(Cl)c(N)c1Cl)c1ccc(Cl)c(Cl)c1. The van der Waals surface area contributed by atoms with Crippen molar-refractivity contribution in [3.63, 3.8) is 0 Å². The van der Waals surface area contributed by atoms with Gasteiger partial charge in [0.25, 0.3) is 5.91 Å². The smallest absolute Gasteiger partial charge is 0.291 e. The first-order chi connectivity index (χ1) is 11.2. The van der Waals surface area contributed by atoms with Gasteiger partial charge in [0.15, 0.2) is 10.8 Å². The van der Waals surface area contributed by atoms with Gasteiger partial charge in [-0.05, 0) is 24.6 Å². The summed E-state index contributed by atoms with van der Waals surface area (Å²) in [6.07, 6.45) is 0. The summed E-state index contributed by atoms with van der Waals surface area (Å²) in [5.74, 6) is -0.690. The first-order valence-corrected chi connectivity index (χ1v) is 8.21. The molecule has 0 unspecified atom stereocenters. The van der Waals surface area contributed by atoms with E-state index in [2.05, 4.69) is 15.5 Å². The Morgan fingerprint density at radius 3 is 2.42 bits per heavy atom. The Morgan fingerprint density at radius 1 is 1.12 bits per heavy atom. The Balaban J connectivity index is 2.25. The van der Waals surface area contributed by atoms with Crippen molar-refractivity contribution >= 4 is 75.3 Å². The van der Waals surface area contributed by atoms with Crippen LogP contribution in [0, 0.1) is 0 Å². The molecule has 2 aromatic rings. The molecule has 1 heterocycles. The number of halogens is 5. The Kier molecular flexibility index (Phi) is 6.17. The summed E-state index contributed by atoms with van der Waals surface area (Å²) in [5.41, 5.74) is 8.93. The molecular weight excluding hydrogens is 417 g/mol. The average Bonchev–Trinajstić information content (AvgIpc) is 2.56. The van der Waals surface area contributed by atoms with Crippen molar-refractivity contribution in [3.8, 4) is 0 Å². The maximum Gasteiger partial charge on any atom is 0.291 e. The van der Waals surface area contributed by atoms with Gasteiger partial charge >= 0.3 is 0 Å². The van der Waals surface area contributed by atoms with Crippen molar-refractivity contribution in [1.29, 1.82) is 0 Å². The number of anilines is 1. The first kappa shape index (κ1) is 19.1. The van der Waals surface area contributed by atoms with Gasteiger partial charge in [0, 0.05) is 0 Å². The van der Waals surface area contributed by atoms with Gasteiger partial charge in [0.05, 0.1) is 26.5 Å². The van der Waals surface area contributed by atoms with Crippen molar-refractivity contribution in [3.05, 3.63) is 54.7 Å². The third-order valence-corrected chi connectivity index (χ3v) is 4.82. The van der Waals surface area contributed by atoms with Crippen molar-refractivity contribution < 1.29 is 4.79 Å². The average molecular weight is 427 g/mol. The van der Waals surface area contributed by atoms with E-state index in [1.54, 1.807) is 25.1 Å². The summed E-state index contributed by atoms with van der Waals surface area (Å²) in [6, 6.07) is 4.96. The molecule has 0 fully saturated rings. The molecule has 0 saturated heterocycles. The van der Waals surface area contributed by atoms with Gasteiger partial charge < -0.3 is 5.73 Å². The molecule has 0 saturated carbocycles. The summed E-state index contributed by atoms with van der Waals surface area (Å²) >= 11 is 29.4. The lowest BCUT2D eigenvalue weighted by atomic mass is 10.1. The van der Waals surface area contributed by atoms with E-state index in [0.29, 0.717) is 21.3 Å². The fourth-order valence-corrected chi connectivity index (χ4v) is 2.55. The van der Waals surface area contributed by atoms with Crippen LogP contribution in [0.5, 0.6) is 0 Å². The zero-order valence-electron chi connectivity index (χ0n) is 12.0. The van der Waals surface area contributed by atoms with Gasteiger partial charge in [-0.2, -0.15) is 5.10 Å². The summed E-state index contributed by atoms with van der Waals surface area (Å²) in [6.45, 7) is 1.68. The molecule has 2 rings (SSSR count). The molecule has 0 bridgehead atoms. The van der Waals surface area contributed by atoms with Gasteiger partial charge in [-0.15, -0.1) is 0 Å². The molecule has 0 aliphatic rings. The minimum atomic E-state index is -0.690. The van der Waals surface area contributed by atoms with Gasteiger partial charge in [-0.1, -0.05) is 64.1 Å². The molecule has 0 aliphatic heterocycles. The number of amides is 1. The van der Waals surface area contributed by atoms with Gasteiger partial charge in [0.1, 0.15) is 5.02 Å². The molecule has 0 aliphatic carbocycles. The van der Waals surface area contributed by atoms with Crippen LogP contribution in [0.1, 0.15) is 23.0 Å². The summed E-state index contributed by atoms with van der Waals surface area (Å²) < 4.78 is 0. The van der Waals surface area contributed by atoms with E-state index < -0.39 is 5.91 Å². The summed E-state index contributed by atoms with van der Waals surface area (Å²) in [5, 5.41) is 4.50. The second kappa shape index (κ2) is 7.76. The van der Waals surface area contributed by atoms with E-state index in [1.807, 2.05) is 0 Å². The number of pyridine rings is 1. The molecule has 1 amide bonds. The lowest BCUT2D eigenvalue weighted by Gasteiger charge is -2.08. The second-order valence-corrected chi connectivity index (χ2v) is 6.49. The van der Waals surface area contributed by atoms with Gasteiger partial charge in [0.2, 0.25) is 0 Å². The largest absolute Gasteiger partial charge is 0.396 e. The first-order valence-electron chi connectivity index (χ1n) is 6.32. The summed E-state index contributed by atoms with van der Waals surface area (Å²) in [7, 11) is 0. The molecule has 5 nitrogen and oxygen atoms in total. The number of carbonyl (C=O) groups is 1. The molecule has 10 heteroatoms. The number of nitrogens with two attached hydrogens (primary N) is 1. The van der Waals surface area contributed by atoms with Crippen LogP contribution in [-0.4, -0.2) is 16.6 Å². The van der Waals surface area contributed by atoms with E-state index in [1.165, 1.54) is 0 Å². The number of nitrogens with zero attached hydrogens (tertiary/aromatic N) is 2. The zero-order valence-corrected chi connectivity index (χ0v) is 15.8. The van der Waals surface area contributed by atoms with Gasteiger partial charge in [-0.3, -0.25) is 4.79 Å². The number of rotatable bonds is 3. The van der Waals surface area contributed by atoms with Crippen LogP contribution >= 0.6 is 58.0 Å². The quantitative estimate of drug-likeness (QED) is 0.408. The number of hydrogen-bond acceptors (Lipinski definition) is 4. The van der Waals surface area contributed by atoms with Crippen LogP contribution in [0.3, 0.4) is 0 Å². The van der Waals surface area contributed by atoms with Gasteiger partial charge in [-0.25, -0.2) is 10.4 Å². The molecule has 0 atom stereocenters. The molecule has 126 valence electrons. The molecule has 24 heavy (non-hydrogen) atoms. The highest BCUT2D eigenvalue weighted by atomic mass is 35.5. The molecule has 3 N–H and O–H groups in total. The third kappa shape index (κ3) is 4.05. The molecule has 0 radical (unpaired) electrons. The van der Waals surface area contributed by atoms with Crippen LogP contribution < -0.4 is 11.2 Å². The van der Waals surface area contributed by atoms with Crippen molar-refractivity contribution in [2.45, 2.75) is 6.92 Å². The standard InChI is InChI=1S/C14H9Cl5N4O/c1-5(6-2-3-7(15)8(16)4-6)22-23-14(24)12-9(17)11(20)10(18)13(19)21-12/h2-4H,1H3,(H2,20,21)(H,23,24)/b22-5+. The minimum absolute atomic E-state index is 0.0197. The maximum atomic E-state index is 12.2. The van der Waals surface area contributed by atoms with Crippen molar-refractivity contribution in [1.82, 2.24) is 10.4 Å². The van der Waals surface area contributed by atoms with Crippen molar-refractivity contribution in [2.24, 2.45) is 5.10 Å². The van der Waals surface area contributed by atoms with E-state index in [9.17, 15) is 4.79 Å². The van der Waals surface area contributed by atoms with Crippen LogP contribution in [0.25, 0.3) is 0 Å². The Morgan fingerprint density at radius 2 is 1.79 bits per heavy atom. The number of aromatic nitrogens is 1. The fourth-order valence-electron chi connectivity index (χ4n) is 1.66. The molecule has 0 spiro atoms. The van der Waals surface area contributed by atoms with E-state index in [-0.39, 0.29) is 26.6 Å². The van der Waals surface area contributed by atoms with Crippen molar-refractivity contribution in [2.75, 3.05) is 5.73 Å². The third-order valence-electron chi connectivity index (χ3n) is 2.95. The lowest BCUT2D eigenvalue weighted by Crippen LogP contribution is -2.21. The maximum absolute atomic E-state index is 12.2.